The van der Waals surface area contributed by atoms with E-state index in [1.54, 1.807) is 0 Å². The molecule has 2 aromatic carbocycles. The number of nitrogens with zero attached hydrogens (tertiary/aromatic N) is 1. The van der Waals surface area contributed by atoms with E-state index < -0.39 is 0 Å². The van der Waals surface area contributed by atoms with E-state index >= 15 is 0 Å². The Morgan fingerprint density at radius 1 is 0.667 bits per heavy atom. The number of benzene rings is 2. The van der Waals surface area contributed by atoms with Gasteiger partial charge in [0.15, 0.2) is 5.78 Å². The molecule has 3 nitrogen and oxygen atoms in total. The van der Waals surface area contributed by atoms with Crippen molar-refractivity contribution in [3.05, 3.63) is 65.7 Å². The highest BCUT2D eigenvalue weighted by Crippen LogP contribution is 2.16. The van der Waals surface area contributed by atoms with Crippen LogP contribution in [0.4, 0.5) is 0 Å². The standard InChI is InChI=1S/C30H46NO2/c1-4-5-6-7-8-9-10-11-12-16-24-31(2,3)25-17-26-33-29-22-20-28(21-23-29)30(32)27-18-14-13-15-19-27/h13-15,18-23H,4-12,16-17,24-26H2,1-3H3/q+1. The Bertz CT molecular complexity index is 768. The van der Waals surface area contributed by atoms with E-state index in [9.17, 15) is 4.79 Å². The van der Waals surface area contributed by atoms with Crippen molar-refractivity contribution in [2.24, 2.45) is 0 Å². The highest BCUT2D eigenvalue weighted by Gasteiger charge is 2.14. The highest BCUT2D eigenvalue weighted by atomic mass is 16.5. The van der Waals surface area contributed by atoms with Crippen LogP contribution >= 0.6 is 0 Å². The molecule has 0 aliphatic rings. The first-order valence-corrected chi connectivity index (χ1v) is 13.2. The molecule has 0 saturated carbocycles. The lowest BCUT2D eigenvalue weighted by molar-refractivity contribution is -0.890. The second-order valence-corrected chi connectivity index (χ2v) is 9.99. The minimum atomic E-state index is 0.0492. The first-order valence-electron chi connectivity index (χ1n) is 13.2. The third kappa shape index (κ3) is 11.5. The number of ketones is 1. The highest BCUT2D eigenvalue weighted by molar-refractivity contribution is 6.08. The Morgan fingerprint density at radius 2 is 1.18 bits per heavy atom. The molecule has 0 saturated heterocycles. The van der Waals surface area contributed by atoms with Crippen molar-refractivity contribution in [2.75, 3.05) is 33.8 Å². The quantitative estimate of drug-likeness (QED) is 0.132. The van der Waals surface area contributed by atoms with Gasteiger partial charge in [-0.25, -0.2) is 0 Å². The van der Waals surface area contributed by atoms with Crippen molar-refractivity contribution >= 4 is 5.78 Å². The zero-order valence-corrected chi connectivity index (χ0v) is 21.4. The molecule has 0 amide bonds. The predicted molar refractivity (Wildman–Crippen MR) is 140 cm³/mol. The zero-order valence-electron chi connectivity index (χ0n) is 21.4. The predicted octanol–water partition coefficient (Wildman–Crippen LogP) is 7.68. The lowest BCUT2D eigenvalue weighted by Crippen LogP contribution is -2.41. The number of rotatable bonds is 18. The molecule has 0 radical (unpaired) electrons. The van der Waals surface area contributed by atoms with Gasteiger partial charge in [-0.3, -0.25) is 4.79 Å². The summed E-state index contributed by atoms with van der Waals surface area (Å²) >= 11 is 0. The van der Waals surface area contributed by atoms with Crippen molar-refractivity contribution in [1.29, 1.82) is 0 Å². The lowest BCUT2D eigenvalue weighted by atomic mass is 10.0. The van der Waals surface area contributed by atoms with Gasteiger partial charge in [0.2, 0.25) is 0 Å². The van der Waals surface area contributed by atoms with Gasteiger partial charge in [-0.2, -0.15) is 0 Å². The van der Waals surface area contributed by atoms with Crippen LogP contribution in [0.5, 0.6) is 5.75 Å². The van der Waals surface area contributed by atoms with Crippen LogP contribution in [0.25, 0.3) is 0 Å². The van der Waals surface area contributed by atoms with Crippen LogP contribution in [0, 0.1) is 0 Å². The van der Waals surface area contributed by atoms with E-state index in [0.29, 0.717) is 17.7 Å². The molecule has 0 N–H and O–H groups in total. The number of hydrogen-bond acceptors (Lipinski definition) is 2. The average Bonchev–Trinajstić information content (AvgIpc) is 2.83. The van der Waals surface area contributed by atoms with Crippen LogP contribution < -0.4 is 4.74 Å². The van der Waals surface area contributed by atoms with E-state index in [0.717, 1.165) is 23.2 Å². The van der Waals surface area contributed by atoms with Crippen LogP contribution in [0.15, 0.2) is 54.6 Å². The maximum atomic E-state index is 12.5. The summed E-state index contributed by atoms with van der Waals surface area (Å²) in [7, 11) is 4.66. The van der Waals surface area contributed by atoms with Gasteiger partial charge < -0.3 is 9.22 Å². The number of unbranched alkanes of at least 4 members (excludes halogenated alkanes) is 9. The monoisotopic (exact) mass is 452 g/mol. The van der Waals surface area contributed by atoms with E-state index in [4.69, 9.17) is 4.74 Å². The Balaban J connectivity index is 1.55. The molecule has 0 aromatic heterocycles. The van der Waals surface area contributed by atoms with Crippen LogP contribution in [0.3, 0.4) is 0 Å². The summed E-state index contributed by atoms with van der Waals surface area (Å²) in [5, 5.41) is 0. The Labute approximate surface area is 202 Å². The van der Waals surface area contributed by atoms with Gasteiger partial charge in [0.05, 0.1) is 33.8 Å². The molecule has 182 valence electrons. The molecule has 0 aliphatic heterocycles. The molecule has 33 heavy (non-hydrogen) atoms. The molecule has 0 atom stereocenters. The maximum Gasteiger partial charge on any atom is 0.193 e. The number of ether oxygens (including phenoxy) is 1. The summed E-state index contributed by atoms with van der Waals surface area (Å²) in [5.41, 5.74) is 1.41. The third-order valence-corrected chi connectivity index (χ3v) is 6.45. The third-order valence-electron chi connectivity index (χ3n) is 6.45. The van der Waals surface area contributed by atoms with Gasteiger partial charge in [-0.1, -0.05) is 88.6 Å². The molecule has 2 rings (SSSR count). The van der Waals surface area contributed by atoms with Gasteiger partial charge in [-0.05, 0) is 37.1 Å². The largest absolute Gasteiger partial charge is 0.493 e. The van der Waals surface area contributed by atoms with Crippen molar-refractivity contribution < 1.29 is 14.0 Å². The van der Waals surface area contributed by atoms with E-state index in [1.165, 1.54) is 70.8 Å². The number of carbonyl (C=O) groups excluding carboxylic acids is 1. The average molecular weight is 453 g/mol. The summed E-state index contributed by atoms with van der Waals surface area (Å²) in [6, 6.07) is 16.9. The Hall–Kier alpha value is -2.13. The molecular formula is C30H46NO2+. The molecular weight excluding hydrogens is 406 g/mol. The van der Waals surface area contributed by atoms with Gasteiger partial charge >= 0.3 is 0 Å². The minimum absolute atomic E-state index is 0.0492. The first-order chi connectivity index (χ1) is 16.0. The minimum Gasteiger partial charge on any atom is -0.493 e. The van der Waals surface area contributed by atoms with E-state index in [-0.39, 0.29) is 5.78 Å². The number of hydrogen-bond donors (Lipinski definition) is 0. The molecule has 3 heteroatoms. The fraction of sp³-hybridized carbons (Fsp3) is 0.567. The molecule has 0 unspecified atom stereocenters. The van der Waals surface area contributed by atoms with Gasteiger partial charge in [0.25, 0.3) is 0 Å². The summed E-state index contributed by atoms with van der Waals surface area (Å²) < 4.78 is 6.99. The summed E-state index contributed by atoms with van der Waals surface area (Å²) in [6.07, 6.45) is 14.9. The molecule has 2 aromatic rings. The number of carbonyl (C=O) groups is 1. The van der Waals surface area contributed by atoms with Crippen molar-refractivity contribution in [2.45, 2.75) is 77.6 Å². The fourth-order valence-electron chi connectivity index (χ4n) is 4.28. The Morgan fingerprint density at radius 3 is 1.79 bits per heavy atom. The summed E-state index contributed by atoms with van der Waals surface area (Å²) in [4.78, 5) is 12.5. The maximum absolute atomic E-state index is 12.5. The van der Waals surface area contributed by atoms with Gasteiger partial charge in [0, 0.05) is 17.5 Å². The molecule has 0 fully saturated rings. The fourth-order valence-corrected chi connectivity index (χ4v) is 4.28. The molecule has 0 heterocycles. The number of quaternary nitrogens is 1. The second kappa shape index (κ2) is 15.7. The van der Waals surface area contributed by atoms with Gasteiger partial charge in [-0.15, -0.1) is 0 Å². The van der Waals surface area contributed by atoms with Crippen molar-refractivity contribution in [3.63, 3.8) is 0 Å². The SMILES string of the molecule is CCCCCCCCCCCC[N+](C)(C)CCCOc1ccc(C(=O)c2ccccc2)cc1. The summed E-state index contributed by atoms with van der Waals surface area (Å²) in [5.74, 6) is 0.882. The smallest absolute Gasteiger partial charge is 0.193 e. The Kier molecular flexibility index (Phi) is 12.9. The normalized spacial score (nSPS) is 11.5. The van der Waals surface area contributed by atoms with Crippen molar-refractivity contribution in [3.8, 4) is 5.75 Å². The zero-order chi connectivity index (χ0) is 23.8. The molecule has 0 spiro atoms. The van der Waals surface area contributed by atoms with Gasteiger partial charge in [0.1, 0.15) is 5.75 Å². The topological polar surface area (TPSA) is 26.3 Å². The van der Waals surface area contributed by atoms with Crippen molar-refractivity contribution in [1.82, 2.24) is 0 Å². The lowest BCUT2D eigenvalue weighted by Gasteiger charge is -2.30. The first kappa shape index (κ1) is 27.1. The van der Waals surface area contributed by atoms with E-state index in [1.807, 2.05) is 54.6 Å². The molecule has 0 bridgehead atoms. The van der Waals surface area contributed by atoms with E-state index in [2.05, 4.69) is 21.0 Å². The van der Waals surface area contributed by atoms with Crippen LogP contribution in [0.2, 0.25) is 0 Å². The van der Waals surface area contributed by atoms with Crippen LogP contribution in [0.1, 0.15) is 93.5 Å². The molecule has 0 aliphatic carbocycles. The summed E-state index contributed by atoms with van der Waals surface area (Å²) in [6.45, 7) is 5.36. The second-order valence-electron chi connectivity index (χ2n) is 9.99. The van der Waals surface area contributed by atoms with Crippen LogP contribution in [-0.4, -0.2) is 44.1 Å². The van der Waals surface area contributed by atoms with Crippen LogP contribution in [-0.2, 0) is 0 Å².